The van der Waals surface area contributed by atoms with Crippen LogP contribution in [-0.2, 0) is 10.0 Å². The summed E-state index contributed by atoms with van der Waals surface area (Å²) >= 11 is 0. The molecule has 4 rings (SSSR count). The Labute approximate surface area is 180 Å². The first-order valence-electron chi connectivity index (χ1n) is 9.96. The van der Waals surface area contributed by atoms with Crippen LogP contribution in [-0.4, -0.2) is 27.4 Å². The van der Waals surface area contributed by atoms with Gasteiger partial charge >= 0.3 is 0 Å². The van der Waals surface area contributed by atoms with E-state index in [4.69, 9.17) is 0 Å². The van der Waals surface area contributed by atoms with Crippen molar-refractivity contribution in [2.45, 2.75) is 17.7 Å². The molecule has 0 unspecified atom stereocenters. The number of benzene rings is 3. The van der Waals surface area contributed by atoms with Gasteiger partial charge in [-0.1, -0.05) is 18.2 Å². The lowest BCUT2D eigenvalue weighted by atomic mass is 10.1. The van der Waals surface area contributed by atoms with Crippen molar-refractivity contribution >= 4 is 33.0 Å². The van der Waals surface area contributed by atoms with Gasteiger partial charge in [-0.15, -0.1) is 0 Å². The van der Waals surface area contributed by atoms with Gasteiger partial charge in [0.25, 0.3) is 15.9 Å². The molecule has 1 amide bonds. The Morgan fingerprint density at radius 3 is 2.35 bits per heavy atom. The van der Waals surface area contributed by atoms with E-state index >= 15 is 0 Å². The molecule has 1 saturated heterocycles. The average molecular weight is 440 g/mol. The number of anilines is 3. The number of carbonyl (C=O) groups is 1. The number of amides is 1. The molecule has 6 nitrogen and oxygen atoms in total. The van der Waals surface area contributed by atoms with Crippen LogP contribution in [0.1, 0.15) is 23.2 Å². The first-order chi connectivity index (χ1) is 14.9. The maximum Gasteiger partial charge on any atom is 0.261 e. The third kappa shape index (κ3) is 4.86. The summed E-state index contributed by atoms with van der Waals surface area (Å²) in [6, 6.07) is 18.4. The predicted octanol–water partition coefficient (Wildman–Crippen LogP) is 4.48. The second kappa shape index (κ2) is 8.77. The predicted molar refractivity (Wildman–Crippen MR) is 119 cm³/mol. The van der Waals surface area contributed by atoms with E-state index in [0.29, 0.717) is 5.69 Å². The fourth-order valence-corrected chi connectivity index (χ4v) is 4.62. The van der Waals surface area contributed by atoms with E-state index in [-0.39, 0.29) is 16.1 Å². The molecular weight excluding hydrogens is 417 g/mol. The Morgan fingerprint density at radius 2 is 1.61 bits per heavy atom. The van der Waals surface area contributed by atoms with Gasteiger partial charge in [0.05, 0.1) is 16.1 Å². The average Bonchev–Trinajstić information content (AvgIpc) is 3.29. The summed E-state index contributed by atoms with van der Waals surface area (Å²) < 4.78 is 40.9. The number of nitrogens with zero attached hydrogens (tertiary/aromatic N) is 1. The van der Waals surface area contributed by atoms with Crippen LogP contribution in [0.3, 0.4) is 0 Å². The molecule has 1 aliphatic heterocycles. The quantitative estimate of drug-likeness (QED) is 0.594. The van der Waals surface area contributed by atoms with Crippen LogP contribution in [0.4, 0.5) is 21.5 Å². The van der Waals surface area contributed by atoms with Crippen molar-refractivity contribution in [1.29, 1.82) is 0 Å². The maximum atomic E-state index is 13.1. The van der Waals surface area contributed by atoms with Gasteiger partial charge in [0.15, 0.2) is 0 Å². The highest BCUT2D eigenvalue weighted by Crippen LogP contribution is 2.25. The summed E-state index contributed by atoms with van der Waals surface area (Å²) in [5.41, 5.74) is 1.99. The molecule has 8 heteroatoms. The molecule has 0 saturated carbocycles. The molecule has 3 aromatic rings. The van der Waals surface area contributed by atoms with E-state index in [1.807, 2.05) is 18.2 Å². The van der Waals surface area contributed by atoms with E-state index in [0.717, 1.165) is 43.8 Å². The Kier molecular flexibility index (Phi) is 5.90. The lowest BCUT2D eigenvalue weighted by Gasteiger charge is -2.18. The fourth-order valence-electron chi connectivity index (χ4n) is 3.54. The number of nitrogens with one attached hydrogen (secondary N) is 2. The molecule has 31 heavy (non-hydrogen) atoms. The van der Waals surface area contributed by atoms with Crippen molar-refractivity contribution in [3.05, 3.63) is 84.2 Å². The summed E-state index contributed by atoms with van der Waals surface area (Å²) in [6.07, 6.45) is 2.30. The molecule has 0 spiro atoms. The molecule has 3 aromatic carbocycles. The van der Waals surface area contributed by atoms with Crippen molar-refractivity contribution in [2.24, 2.45) is 0 Å². The molecule has 2 N–H and O–H groups in total. The van der Waals surface area contributed by atoms with E-state index in [9.17, 15) is 17.6 Å². The van der Waals surface area contributed by atoms with Gasteiger partial charge in [-0.2, -0.15) is 0 Å². The van der Waals surface area contributed by atoms with Crippen LogP contribution < -0.4 is 14.9 Å². The van der Waals surface area contributed by atoms with Gasteiger partial charge in [-0.05, 0) is 67.4 Å². The topological polar surface area (TPSA) is 78.5 Å². The zero-order chi connectivity index (χ0) is 21.8. The number of hydrogen-bond acceptors (Lipinski definition) is 4. The van der Waals surface area contributed by atoms with Crippen LogP contribution in [0.2, 0.25) is 0 Å². The summed E-state index contributed by atoms with van der Waals surface area (Å²) in [5.74, 6) is -0.967. The highest BCUT2D eigenvalue weighted by molar-refractivity contribution is 7.92. The molecule has 0 radical (unpaired) electrons. The largest absolute Gasteiger partial charge is 0.371 e. The minimum Gasteiger partial charge on any atom is -0.371 e. The van der Waals surface area contributed by atoms with Gasteiger partial charge in [0.2, 0.25) is 0 Å². The number of carbonyl (C=O) groups excluding carboxylic acids is 1. The molecule has 0 bridgehead atoms. The van der Waals surface area contributed by atoms with E-state index in [1.165, 1.54) is 18.2 Å². The Bertz CT molecular complexity index is 1190. The molecule has 0 aliphatic carbocycles. The summed E-state index contributed by atoms with van der Waals surface area (Å²) in [4.78, 5) is 15.1. The van der Waals surface area contributed by atoms with Crippen LogP contribution >= 0.6 is 0 Å². The first kappa shape index (κ1) is 20.9. The highest BCUT2D eigenvalue weighted by Gasteiger charge is 2.19. The van der Waals surface area contributed by atoms with Gasteiger partial charge in [0.1, 0.15) is 5.82 Å². The van der Waals surface area contributed by atoms with E-state index in [1.54, 1.807) is 24.3 Å². The lowest BCUT2D eigenvalue weighted by molar-refractivity contribution is 0.102. The number of para-hydroxylation sites is 1. The zero-order valence-electron chi connectivity index (χ0n) is 16.7. The van der Waals surface area contributed by atoms with Gasteiger partial charge < -0.3 is 10.2 Å². The molecule has 1 aliphatic rings. The second-order valence-corrected chi connectivity index (χ2v) is 8.99. The van der Waals surface area contributed by atoms with Crippen LogP contribution in [0.5, 0.6) is 0 Å². The summed E-state index contributed by atoms with van der Waals surface area (Å²) in [7, 11) is -3.98. The minimum atomic E-state index is -3.98. The molecule has 0 aromatic heterocycles. The molecule has 160 valence electrons. The molecule has 1 heterocycles. The summed E-state index contributed by atoms with van der Waals surface area (Å²) in [6.45, 7) is 1.98. The third-order valence-corrected chi connectivity index (χ3v) is 6.50. The van der Waals surface area contributed by atoms with Gasteiger partial charge in [-0.25, -0.2) is 12.8 Å². The van der Waals surface area contributed by atoms with Crippen molar-refractivity contribution in [1.82, 2.24) is 0 Å². The second-order valence-electron chi connectivity index (χ2n) is 7.30. The monoisotopic (exact) mass is 439 g/mol. The number of halogens is 1. The fraction of sp³-hybridized carbons (Fsp3) is 0.174. The third-order valence-electron chi connectivity index (χ3n) is 5.12. The Morgan fingerprint density at radius 1 is 0.903 bits per heavy atom. The Balaban J connectivity index is 1.55. The maximum absolute atomic E-state index is 13.1. The lowest BCUT2D eigenvalue weighted by Crippen LogP contribution is -2.19. The zero-order valence-corrected chi connectivity index (χ0v) is 17.5. The molecular formula is C23H22FN3O3S. The van der Waals surface area contributed by atoms with Crippen LogP contribution in [0.15, 0.2) is 77.7 Å². The van der Waals surface area contributed by atoms with Gasteiger partial charge in [-0.3, -0.25) is 9.52 Å². The minimum absolute atomic E-state index is 0.0950. The summed E-state index contributed by atoms with van der Waals surface area (Å²) in [5, 5.41) is 2.85. The van der Waals surface area contributed by atoms with Crippen molar-refractivity contribution in [2.75, 3.05) is 28.0 Å². The number of hydrogen-bond donors (Lipinski definition) is 2. The van der Waals surface area contributed by atoms with E-state index < -0.39 is 21.7 Å². The highest BCUT2D eigenvalue weighted by atomic mass is 32.2. The molecule has 0 atom stereocenters. The van der Waals surface area contributed by atoms with Gasteiger partial charge in [0, 0.05) is 24.5 Å². The normalized spacial score (nSPS) is 13.8. The van der Waals surface area contributed by atoms with Crippen molar-refractivity contribution < 1.29 is 17.6 Å². The SMILES string of the molecule is O=C(Nc1cccc(N2CCCC2)c1)c1ccccc1NS(=O)(=O)c1ccc(F)cc1. The first-order valence-corrected chi connectivity index (χ1v) is 11.4. The Hall–Kier alpha value is -3.39. The number of sulfonamides is 1. The van der Waals surface area contributed by atoms with E-state index in [2.05, 4.69) is 14.9 Å². The standard InChI is InChI=1S/C23H22FN3O3S/c24-17-10-12-20(13-11-17)31(29,30)26-22-9-2-1-8-21(22)23(28)25-18-6-5-7-19(16-18)27-14-3-4-15-27/h1-2,5-13,16,26H,3-4,14-15H2,(H,25,28). The smallest absolute Gasteiger partial charge is 0.261 e. The van der Waals surface area contributed by atoms with Crippen LogP contribution in [0.25, 0.3) is 0 Å². The van der Waals surface area contributed by atoms with Crippen molar-refractivity contribution in [3.63, 3.8) is 0 Å². The number of rotatable bonds is 6. The van der Waals surface area contributed by atoms with Crippen LogP contribution in [0, 0.1) is 5.82 Å². The molecule has 1 fully saturated rings. The van der Waals surface area contributed by atoms with Crippen molar-refractivity contribution in [3.8, 4) is 0 Å².